The molecule has 27 heavy (non-hydrogen) atoms. The lowest BCUT2D eigenvalue weighted by molar-refractivity contribution is -0.129. The van der Waals surface area contributed by atoms with Crippen LogP contribution >= 0.6 is 0 Å². The molecule has 9 nitrogen and oxygen atoms in total. The van der Waals surface area contributed by atoms with Crippen molar-refractivity contribution < 1.29 is 14.3 Å². The molecule has 144 valence electrons. The predicted octanol–water partition coefficient (Wildman–Crippen LogP) is 1.17. The SMILES string of the molecule is COc1cc(OC)nc(NCc2cccnc2N2CCN(C(C)=O)CC2)n1. The van der Waals surface area contributed by atoms with Crippen LogP contribution in [-0.2, 0) is 11.3 Å². The van der Waals surface area contributed by atoms with Crippen molar-refractivity contribution in [1.29, 1.82) is 0 Å². The number of nitrogens with one attached hydrogen (secondary N) is 1. The van der Waals surface area contributed by atoms with Gasteiger partial charge in [-0.3, -0.25) is 4.79 Å². The summed E-state index contributed by atoms with van der Waals surface area (Å²) in [6.07, 6.45) is 1.78. The molecule has 0 aliphatic carbocycles. The number of rotatable bonds is 6. The Labute approximate surface area is 158 Å². The molecule has 1 fully saturated rings. The highest BCUT2D eigenvalue weighted by molar-refractivity contribution is 5.73. The van der Waals surface area contributed by atoms with Crippen LogP contribution < -0.4 is 19.7 Å². The Hall–Kier alpha value is -3.10. The molecule has 0 radical (unpaired) electrons. The quantitative estimate of drug-likeness (QED) is 0.808. The predicted molar refractivity (Wildman–Crippen MR) is 101 cm³/mol. The van der Waals surface area contributed by atoms with Gasteiger partial charge < -0.3 is 24.6 Å². The third-order valence-corrected chi connectivity index (χ3v) is 4.43. The van der Waals surface area contributed by atoms with Gasteiger partial charge in [-0.2, -0.15) is 9.97 Å². The summed E-state index contributed by atoms with van der Waals surface area (Å²) in [4.78, 5) is 28.7. The molecule has 0 atom stereocenters. The highest BCUT2D eigenvalue weighted by Crippen LogP contribution is 2.21. The van der Waals surface area contributed by atoms with Gasteiger partial charge in [0.15, 0.2) is 0 Å². The summed E-state index contributed by atoms with van der Waals surface area (Å²) in [5.74, 6) is 2.29. The molecule has 0 aromatic carbocycles. The van der Waals surface area contributed by atoms with Crippen molar-refractivity contribution in [2.45, 2.75) is 13.5 Å². The largest absolute Gasteiger partial charge is 0.481 e. The molecule has 2 aromatic heterocycles. The number of hydrogen-bond donors (Lipinski definition) is 1. The van der Waals surface area contributed by atoms with E-state index in [4.69, 9.17) is 9.47 Å². The van der Waals surface area contributed by atoms with E-state index in [1.807, 2.05) is 17.0 Å². The minimum atomic E-state index is 0.113. The average Bonchev–Trinajstić information content (AvgIpc) is 2.72. The van der Waals surface area contributed by atoms with E-state index in [-0.39, 0.29) is 5.91 Å². The summed E-state index contributed by atoms with van der Waals surface area (Å²) in [6.45, 7) is 5.03. The maximum Gasteiger partial charge on any atom is 0.229 e. The molecule has 1 aliphatic rings. The number of ether oxygens (including phenoxy) is 2. The fourth-order valence-corrected chi connectivity index (χ4v) is 2.95. The molecule has 3 heterocycles. The van der Waals surface area contributed by atoms with Gasteiger partial charge >= 0.3 is 0 Å². The number of amides is 1. The maximum atomic E-state index is 11.5. The number of carbonyl (C=O) groups is 1. The third kappa shape index (κ3) is 4.55. The number of piperazine rings is 1. The van der Waals surface area contributed by atoms with E-state index >= 15 is 0 Å². The number of carbonyl (C=O) groups excluding carboxylic acids is 1. The van der Waals surface area contributed by atoms with Crippen molar-refractivity contribution in [2.75, 3.05) is 50.6 Å². The van der Waals surface area contributed by atoms with Crippen molar-refractivity contribution in [2.24, 2.45) is 0 Å². The topological polar surface area (TPSA) is 92.7 Å². The lowest BCUT2D eigenvalue weighted by Crippen LogP contribution is -2.48. The first-order valence-electron chi connectivity index (χ1n) is 8.76. The van der Waals surface area contributed by atoms with Crippen molar-refractivity contribution in [1.82, 2.24) is 19.9 Å². The first-order valence-corrected chi connectivity index (χ1v) is 8.76. The molecule has 1 aliphatic heterocycles. The van der Waals surface area contributed by atoms with Gasteiger partial charge in [-0.15, -0.1) is 0 Å². The molecule has 2 aromatic rings. The van der Waals surface area contributed by atoms with Crippen molar-refractivity contribution in [3.8, 4) is 11.8 Å². The monoisotopic (exact) mass is 372 g/mol. The lowest BCUT2D eigenvalue weighted by atomic mass is 10.2. The van der Waals surface area contributed by atoms with Gasteiger partial charge in [-0.05, 0) is 6.07 Å². The zero-order chi connectivity index (χ0) is 19.2. The zero-order valence-corrected chi connectivity index (χ0v) is 15.8. The first-order chi connectivity index (χ1) is 13.1. The Morgan fingerprint density at radius 2 is 1.81 bits per heavy atom. The van der Waals surface area contributed by atoms with Crippen LogP contribution in [0.2, 0.25) is 0 Å². The summed E-state index contributed by atoms with van der Waals surface area (Å²) in [5, 5.41) is 3.20. The fraction of sp³-hybridized carbons (Fsp3) is 0.444. The summed E-state index contributed by atoms with van der Waals surface area (Å²) in [5.41, 5.74) is 1.03. The number of methoxy groups -OCH3 is 2. The molecule has 0 bridgehead atoms. The Morgan fingerprint density at radius 3 is 2.41 bits per heavy atom. The lowest BCUT2D eigenvalue weighted by Gasteiger charge is -2.35. The fourth-order valence-electron chi connectivity index (χ4n) is 2.95. The highest BCUT2D eigenvalue weighted by atomic mass is 16.5. The van der Waals surface area contributed by atoms with E-state index in [2.05, 4.69) is 25.2 Å². The van der Waals surface area contributed by atoms with Gasteiger partial charge in [0.25, 0.3) is 0 Å². The van der Waals surface area contributed by atoms with Gasteiger partial charge in [0.05, 0.1) is 20.3 Å². The maximum absolute atomic E-state index is 11.5. The third-order valence-electron chi connectivity index (χ3n) is 4.43. The molecule has 9 heteroatoms. The second-order valence-electron chi connectivity index (χ2n) is 6.11. The Balaban J connectivity index is 1.71. The second-order valence-corrected chi connectivity index (χ2v) is 6.11. The zero-order valence-electron chi connectivity index (χ0n) is 15.8. The Kier molecular flexibility index (Phi) is 5.90. The summed E-state index contributed by atoms with van der Waals surface area (Å²) >= 11 is 0. The average molecular weight is 372 g/mol. The van der Waals surface area contributed by atoms with E-state index in [1.54, 1.807) is 33.4 Å². The Bertz CT molecular complexity index is 770. The Morgan fingerprint density at radius 1 is 1.15 bits per heavy atom. The molecular weight excluding hydrogens is 348 g/mol. The highest BCUT2D eigenvalue weighted by Gasteiger charge is 2.21. The van der Waals surface area contributed by atoms with Gasteiger partial charge in [0.2, 0.25) is 23.6 Å². The number of hydrogen-bond acceptors (Lipinski definition) is 8. The van der Waals surface area contributed by atoms with Gasteiger partial charge in [0, 0.05) is 51.4 Å². The van der Waals surface area contributed by atoms with Crippen LogP contribution in [-0.4, -0.2) is 66.2 Å². The minimum absolute atomic E-state index is 0.113. The van der Waals surface area contributed by atoms with E-state index in [1.165, 1.54) is 0 Å². The molecule has 1 amide bonds. The second kappa shape index (κ2) is 8.52. The number of pyridine rings is 1. The molecule has 1 saturated heterocycles. The van der Waals surface area contributed by atoms with E-state index < -0.39 is 0 Å². The van der Waals surface area contributed by atoms with Crippen LogP contribution in [0.4, 0.5) is 11.8 Å². The van der Waals surface area contributed by atoms with Crippen LogP contribution in [0.3, 0.4) is 0 Å². The summed E-state index contributed by atoms with van der Waals surface area (Å²) in [7, 11) is 3.09. The van der Waals surface area contributed by atoms with Gasteiger partial charge in [-0.25, -0.2) is 4.98 Å². The molecule has 0 saturated carbocycles. The number of anilines is 2. The normalized spacial score (nSPS) is 14.0. The molecule has 3 rings (SSSR count). The van der Waals surface area contributed by atoms with Crippen molar-refractivity contribution in [3.05, 3.63) is 30.0 Å². The minimum Gasteiger partial charge on any atom is -0.481 e. The van der Waals surface area contributed by atoms with Crippen LogP contribution in [0, 0.1) is 0 Å². The summed E-state index contributed by atoms with van der Waals surface area (Å²) in [6, 6.07) is 5.54. The van der Waals surface area contributed by atoms with Crippen LogP contribution in [0.5, 0.6) is 11.8 Å². The smallest absolute Gasteiger partial charge is 0.229 e. The molecule has 1 N–H and O–H groups in total. The van der Waals surface area contributed by atoms with Crippen LogP contribution in [0.15, 0.2) is 24.4 Å². The molecule has 0 unspecified atom stereocenters. The van der Waals surface area contributed by atoms with Crippen LogP contribution in [0.25, 0.3) is 0 Å². The van der Waals surface area contributed by atoms with Gasteiger partial charge in [-0.1, -0.05) is 6.07 Å². The molecule has 0 spiro atoms. The number of aromatic nitrogens is 3. The van der Waals surface area contributed by atoms with E-state index in [0.29, 0.717) is 37.3 Å². The van der Waals surface area contributed by atoms with E-state index in [0.717, 1.165) is 24.5 Å². The van der Waals surface area contributed by atoms with Crippen molar-refractivity contribution in [3.63, 3.8) is 0 Å². The molecular formula is C18H24N6O3. The number of nitrogens with zero attached hydrogens (tertiary/aromatic N) is 5. The first kappa shape index (κ1) is 18.7. The van der Waals surface area contributed by atoms with E-state index in [9.17, 15) is 4.79 Å². The standard InChI is InChI=1S/C18H24N6O3/c1-13(25)23-7-9-24(10-8-23)17-14(5-4-6-19-17)12-20-18-21-15(26-2)11-16(22-18)27-3/h4-6,11H,7-10,12H2,1-3H3,(H,20,21,22). The summed E-state index contributed by atoms with van der Waals surface area (Å²) < 4.78 is 10.3. The van der Waals surface area contributed by atoms with Crippen LogP contribution in [0.1, 0.15) is 12.5 Å². The van der Waals surface area contributed by atoms with Gasteiger partial charge in [0.1, 0.15) is 5.82 Å². The van der Waals surface area contributed by atoms with Crippen molar-refractivity contribution >= 4 is 17.7 Å².